The van der Waals surface area contributed by atoms with Crippen LogP contribution < -0.4 is 14.9 Å². The molecule has 1 aromatic heterocycles. The molecule has 0 spiro atoms. The number of carbonyl (C=O) groups excluding carboxylic acids is 1. The average molecular weight is 508 g/mol. The van der Waals surface area contributed by atoms with Crippen molar-refractivity contribution in [2.24, 2.45) is 5.10 Å². The maximum Gasteiger partial charge on any atom is 0.250 e. The topological polar surface area (TPSA) is 90.6 Å². The second-order valence-corrected chi connectivity index (χ2v) is 8.53. The number of hydrogen-bond acceptors (Lipinski definition) is 7. The molecule has 4 aromatic rings. The molecule has 3 aromatic carbocycles. The number of thioether (sulfide) groups is 1. The van der Waals surface area contributed by atoms with Gasteiger partial charge in [-0.25, -0.2) is 5.43 Å². The highest BCUT2D eigenvalue weighted by Crippen LogP contribution is 2.30. The van der Waals surface area contributed by atoms with Crippen molar-refractivity contribution < 1.29 is 14.3 Å². The van der Waals surface area contributed by atoms with E-state index in [0.717, 1.165) is 11.3 Å². The Bertz CT molecular complexity index is 1330. The Morgan fingerprint density at radius 1 is 1.03 bits per heavy atom. The summed E-state index contributed by atoms with van der Waals surface area (Å²) in [6, 6.07) is 22.5. The maximum absolute atomic E-state index is 12.5. The first kappa shape index (κ1) is 24.3. The predicted molar refractivity (Wildman–Crippen MR) is 138 cm³/mol. The third-order valence-corrected chi connectivity index (χ3v) is 6.09. The molecule has 0 unspecified atom stereocenters. The zero-order valence-corrected chi connectivity index (χ0v) is 20.6. The van der Waals surface area contributed by atoms with Crippen molar-refractivity contribution in [1.82, 2.24) is 20.2 Å². The number of ether oxygens (including phenoxy) is 2. The molecule has 0 saturated carbocycles. The fraction of sp³-hybridized carbons (Fsp3) is 0.120. The second kappa shape index (κ2) is 11.5. The first-order valence-electron chi connectivity index (χ1n) is 10.5. The van der Waals surface area contributed by atoms with Gasteiger partial charge in [0.05, 0.1) is 26.2 Å². The van der Waals surface area contributed by atoms with Crippen LogP contribution in [0.5, 0.6) is 11.5 Å². The van der Waals surface area contributed by atoms with Gasteiger partial charge in [-0.1, -0.05) is 59.8 Å². The Hall–Kier alpha value is -3.82. The van der Waals surface area contributed by atoms with Crippen LogP contribution in [-0.2, 0) is 4.79 Å². The Labute approximate surface area is 211 Å². The minimum atomic E-state index is -0.292. The monoisotopic (exact) mass is 507 g/mol. The van der Waals surface area contributed by atoms with Gasteiger partial charge in [0.25, 0.3) is 5.91 Å². The van der Waals surface area contributed by atoms with E-state index in [1.165, 1.54) is 18.0 Å². The van der Waals surface area contributed by atoms with Crippen LogP contribution in [0.15, 0.2) is 83.1 Å². The summed E-state index contributed by atoms with van der Waals surface area (Å²) < 4.78 is 12.5. The van der Waals surface area contributed by atoms with E-state index in [9.17, 15) is 4.79 Å². The van der Waals surface area contributed by atoms with E-state index in [0.29, 0.717) is 33.1 Å². The van der Waals surface area contributed by atoms with Gasteiger partial charge >= 0.3 is 0 Å². The van der Waals surface area contributed by atoms with Gasteiger partial charge in [0.1, 0.15) is 0 Å². The lowest BCUT2D eigenvalue weighted by Crippen LogP contribution is -2.20. The summed E-state index contributed by atoms with van der Waals surface area (Å²) in [6.07, 6.45) is 1.51. The number of aromatic nitrogens is 3. The van der Waals surface area contributed by atoms with Gasteiger partial charge in [-0.3, -0.25) is 9.36 Å². The number of para-hydroxylation sites is 1. The summed E-state index contributed by atoms with van der Waals surface area (Å²) >= 11 is 7.33. The van der Waals surface area contributed by atoms with Gasteiger partial charge in [0.2, 0.25) is 0 Å². The van der Waals surface area contributed by atoms with Gasteiger partial charge < -0.3 is 9.47 Å². The van der Waals surface area contributed by atoms with Crippen LogP contribution in [0.1, 0.15) is 5.56 Å². The minimum Gasteiger partial charge on any atom is -0.493 e. The van der Waals surface area contributed by atoms with E-state index < -0.39 is 0 Å². The molecule has 35 heavy (non-hydrogen) atoms. The molecule has 1 heterocycles. The summed E-state index contributed by atoms with van der Waals surface area (Å²) in [7, 11) is 3.11. The summed E-state index contributed by atoms with van der Waals surface area (Å²) in [6.45, 7) is 0. The van der Waals surface area contributed by atoms with E-state index in [-0.39, 0.29) is 11.7 Å². The number of methoxy groups -OCH3 is 2. The molecule has 4 rings (SSSR count). The molecule has 10 heteroatoms. The highest BCUT2D eigenvalue weighted by Gasteiger charge is 2.17. The first-order chi connectivity index (χ1) is 17.1. The number of amides is 1. The van der Waals surface area contributed by atoms with Gasteiger partial charge in [-0.15, -0.1) is 10.2 Å². The van der Waals surface area contributed by atoms with Crippen LogP contribution in [0.4, 0.5) is 0 Å². The number of halogens is 1. The lowest BCUT2D eigenvalue weighted by molar-refractivity contribution is -0.118. The van der Waals surface area contributed by atoms with E-state index >= 15 is 0 Å². The van der Waals surface area contributed by atoms with Crippen LogP contribution >= 0.6 is 23.4 Å². The average Bonchev–Trinajstić information content (AvgIpc) is 3.32. The van der Waals surface area contributed by atoms with Crippen LogP contribution in [0.3, 0.4) is 0 Å². The van der Waals surface area contributed by atoms with Crippen molar-refractivity contribution in [3.8, 4) is 28.6 Å². The Morgan fingerprint density at radius 3 is 2.51 bits per heavy atom. The van der Waals surface area contributed by atoms with E-state index in [1.54, 1.807) is 32.4 Å². The van der Waals surface area contributed by atoms with Gasteiger partial charge in [0, 0.05) is 21.8 Å². The van der Waals surface area contributed by atoms with E-state index in [1.807, 2.05) is 59.2 Å². The van der Waals surface area contributed by atoms with Crippen molar-refractivity contribution >= 4 is 35.5 Å². The predicted octanol–water partition coefficient (Wildman–Crippen LogP) is 4.85. The number of nitrogens with zero attached hydrogens (tertiary/aromatic N) is 4. The first-order valence-corrected chi connectivity index (χ1v) is 11.9. The van der Waals surface area contributed by atoms with Crippen LogP contribution in [0.2, 0.25) is 5.02 Å². The summed E-state index contributed by atoms with van der Waals surface area (Å²) in [5, 5.41) is 13.9. The molecule has 0 fully saturated rings. The molecule has 0 aliphatic heterocycles. The Morgan fingerprint density at radius 2 is 1.80 bits per heavy atom. The second-order valence-electron chi connectivity index (χ2n) is 7.15. The van der Waals surface area contributed by atoms with Gasteiger partial charge in [0.15, 0.2) is 22.5 Å². The number of nitrogens with one attached hydrogen (secondary N) is 1. The molecule has 1 amide bonds. The Kier molecular flexibility index (Phi) is 8.02. The molecular formula is C25H22ClN5O3S. The Balaban J connectivity index is 1.49. The maximum atomic E-state index is 12.5. The van der Waals surface area contributed by atoms with E-state index in [4.69, 9.17) is 21.1 Å². The molecule has 0 aliphatic rings. The molecule has 1 N–H and O–H groups in total. The number of carbonyl (C=O) groups is 1. The smallest absolute Gasteiger partial charge is 0.250 e. The fourth-order valence-electron chi connectivity index (χ4n) is 3.31. The van der Waals surface area contributed by atoms with Gasteiger partial charge in [-0.05, 0) is 36.4 Å². The number of rotatable bonds is 9. The normalized spacial score (nSPS) is 10.9. The molecule has 0 bridgehead atoms. The molecular weight excluding hydrogens is 486 g/mol. The third-order valence-electron chi connectivity index (χ3n) is 4.91. The van der Waals surface area contributed by atoms with Crippen molar-refractivity contribution in [2.75, 3.05) is 20.0 Å². The van der Waals surface area contributed by atoms with Crippen LogP contribution in [-0.4, -0.2) is 46.9 Å². The lowest BCUT2D eigenvalue weighted by Gasteiger charge is -2.10. The quantitative estimate of drug-likeness (QED) is 0.198. The van der Waals surface area contributed by atoms with Gasteiger partial charge in [-0.2, -0.15) is 5.10 Å². The standard InChI is InChI=1S/C25H22ClN5O3S/c1-33-21-10-6-9-18(23(21)34-2)15-27-28-22(32)16-35-25-30-29-24(17-7-4-3-5-8-17)31(25)20-13-11-19(26)12-14-20/h3-15H,16H2,1-2H3,(H,28,32)/b27-15+. The molecule has 8 nitrogen and oxygen atoms in total. The minimum absolute atomic E-state index is 0.0904. The molecule has 0 aliphatic carbocycles. The summed E-state index contributed by atoms with van der Waals surface area (Å²) in [5.41, 5.74) is 4.95. The number of benzene rings is 3. The van der Waals surface area contributed by atoms with E-state index in [2.05, 4.69) is 20.7 Å². The fourth-order valence-corrected chi connectivity index (χ4v) is 4.18. The molecule has 0 atom stereocenters. The van der Waals surface area contributed by atoms with Crippen molar-refractivity contribution in [3.05, 3.63) is 83.4 Å². The SMILES string of the molecule is COc1cccc(/C=N/NC(=O)CSc2nnc(-c3ccccc3)n2-c2ccc(Cl)cc2)c1OC. The highest BCUT2D eigenvalue weighted by atomic mass is 35.5. The van der Waals surface area contributed by atoms with Crippen LogP contribution in [0, 0.1) is 0 Å². The van der Waals surface area contributed by atoms with Crippen LogP contribution in [0.25, 0.3) is 17.1 Å². The number of hydrazone groups is 1. The van der Waals surface area contributed by atoms with Crippen molar-refractivity contribution in [2.45, 2.75) is 5.16 Å². The molecule has 0 saturated heterocycles. The third kappa shape index (κ3) is 5.82. The summed E-state index contributed by atoms with van der Waals surface area (Å²) in [5.74, 6) is 1.58. The summed E-state index contributed by atoms with van der Waals surface area (Å²) in [4.78, 5) is 12.5. The zero-order chi connectivity index (χ0) is 24.6. The zero-order valence-electron chi connectivity index (χ0n) is 19.0. The highest BCUT2D eigenvalue weighted by molar-refractivity contribution is 7.99. The number of hydrogen-bond donors (Lipinski definition) is 1. The molecule has 178 valence electrons. The van der Waals surface area contributed by atoms with Crippen molar-refractivity contribution in [1.29, 1.82) is 0 Å². The lowest BCUT2D eigenvalue weighted by atomic mass is 10.2. The molecule has 0 radical (unpaired) electrons. The van der Waals surface area contributed by atoms with Crippen molar-refractivity contribution in [3.63, 3.8) is 0 Å². The largest absolute Gasteiger partial charge is 0.493 e.